The summed E-state index contributed by atoms with van der Waals surface area (Å²) in [5.41, 5.74) is -1.01. The molecule has 1 N–H and O–H groups in total. The number of halogens is 3. The van der Waals surface area contributed by atoms with Crippen LogP contribution in [0.3, 0.4) is 0 Å². The second-order valence-electron chi connectivity index (χ2n) is 7.39. The molecule has 1 aliphatic heterocycles. The summed E-state index contributed by atoms with van der Waals surface area (Å²) >= 11 is 0. The number of aromatic nitrogens is 1. The van der Waals surface area contributed by atoms with Crippen molar-refractivity contribution in [3.63, 3.8) is 0 Å². The highest BCUT2D eigenvalue weighted by atomic mass is 32.2. The third-order valence-corrected chi connectivity index (χ3v) is 6.80. The third-order valence-electron chi connectivity index (χ3n) is 5.22. The van der Waals surface area contributed by atoms with Crippen LogP contribution in [0.15, 0.2) is 41.4 Å². The summed E-state index contributed by atoms with van der Waals surface area (Å²) in [4.78, 5) is 23.8. The fraction of sp³-hybridized carbons (Fsp3) is 0.400. The summed E-state index contributed by atoms with van der Waals surface area (Å²) < 4.78 is 70.4. The molecule has 1 saturated heterocycles. The highest BCUT2D eigenvalue weighted by molar-refractivity contribution is 7.89. The van der Waals surface area contributed by atoms with E-state index in [1.54, 1.807) is 4.90 Å². The number of hydrogen-bond acceptors (Lipinski definition) is 4. The first-order valence-electron chi connectivity index (χ1n) is 9.58. The molecule has 0 atom stereocenters. The number of sulfonamides is 1. The van der Waals surface area contributed by atoms with Crippen LogP contribution in [0.4, 0.5) is 13.2 Å². The Bertz CT molecular complexity index is 1100. The molecule has 2 aromatic rings. The predicted octanol–water partition coefficient (Wildman–Crippen LogP) is 3.12. The van der Waals surface area contributed by atoms with Gasteiger partial charge in [0, 0.05) is 39.2 Å². The Morgan fingerprint density at radius 3 is 2.26 bits per heavy atom. The van der Waals surface area contributed by atoms with Gasteiger partial charge in [0.15, 0.2) is 0 Å². The van der Waals surface area contributed by atoms with Gasteiger partial charge in [0.05, 0.1) is 16.2 Å². The molecule has 2 heterocycles. The van der Waals surface area contributed by atoms with Gasteiger partial charge in [-0.15, -0.1) is 0 Å². The molecule has 1 amide bonds. The summed E-state index contributed by atoms with van der Waals surface area (Å²) in [6.45, 7) is 3.34. The summed E-state index contributed by atoms with van der Waals surface area (Å²) in [6, 6.07) is 5.31. The van der Waals surface area contributed by atoms with Crippen molar-refractivity contribution in [1.29, 1.82) is 0 Å². The Balaban J connectivity index is 1.94. The first-order chi connectivity index (χ1) is 14.4. The lowest BCUT2D eigenvalue weighted by molar-refractivity contribution is -0.139. The zero-order valence-corrected chi connectivity index (χ0v) is 17.8. The standard InChI is InChI=1S/C20H22F3N3O4S/c1-13(27)25-10-7-16(8-11-25)24-31(29,30)19-6-5-15(12-17(19)20(21,22)23)18-4-3-9-26(18)14(2)28/h3-6,9,12,16,24H,7-8,10-11H2,1-2H3. The molecule has 0 bridgehead atoms. The van der Waals surface area contributed by atoms with E-state index in [2.05, 4.69) is 4.72 Å². The lowest BCUT2D eigenvalue weighted by Crippen LogP contribution is -2.46. The van der Waals surface area contributed by atoms with Crippen LogP contribution in [-0.4, -0.2) is 48.8 Å². The number of nitrogens with one attached hydrogen (secondary N) is 1. The molecule has 7 nitrogen and oxygen atoms in total. The van der Waals surface area contributed by atoms with E-state index in [1.807, 2.05) is 0 Å². The highest BCUT2D eigenvalue weighted by Crippen LogP contribution is 2.37. The van der Waals surface area contributed by atoms with Crippen LogP contribution in [0.5, 0.6) is 0 Å². The van der Waals surface area contributed by atoms with Crippen molar-refractivity contribution in [3.8, 4) is 11.3 Å². The largest absolute Gasteiger partial charge is 0.417 e. The smallest absolute Gasteiger partial charge is 0.343 e. The lowest BCUT2D eigenvalue weighted by Gasteiger charge is -2.31. The van der Waals surface area contributed by atoms with E-state index in [9.17, 15) is 31.2 Å². The normalized spacial score (nSPS) is 15.8. The van der Waals surface area contributed by atoms with Crippen LogP contribution in [0, 0.1) is 0 Å². The van der Waals surface area contributed by atoms with Gasteiger partial charge in [-0.25, -0.2) is 13.1 Å². The summed E-state index contributed by atoms with van der Waals surface area (Å²) in [5, 5.41) is 0. The van der Waals surface area contributed by atoms with Gasteiger partial charge in [-0.3, -0.25) is 14.2 Å². The van der Waals surface area contributed by atoms with Crippen molar-refractivity contribution in [2.45, 2.75) is 43.8 Å². The van der Waals surface area contributed by atoms with Crippen molar-refractivity contribution in [2.24, 2.45) is 0 Å². The topological polar surface area (TPSA) is 88.5 Å². The number of carbonyl (C=O) groups excluding carboxylic acids is 2. The van der Waals surface area contributed by atoms with Crippen LogP contribution < -0.4 is 4.72 Å². The molecule has 0 unspecified atom stereocenters. The molecule has 0 spiro atoms. The molecule has 31 heavy (non-hydrogen) atoms. The van der Waals surface area contributed by atoms with E-state index in [0.29, 0.717) is 25.9 Å². The van der Waals surface area contributed by atoms with E-state index in [-0.39, 0.29) is 23.1 Å². The van der Waals surface area contributed by atoms with Gasteiger partial charge in [-0.1, -0.05) is 6.07 Å². The Morgan fingerprint density at radius 1 is 1.06 bits per heavy atom. The molecule has 0 aliphatic carbocycles. The molecular formula is C20H22F3N3O4S. The Labute approximate surface area is 177 Å². The number of carbonyl (C=O) groups is 2. The van der Waals surface area contributed by atoms with Crippen LogP contribution in [0.25, 0.3) is 11.3 Å². The van der Waals surface area contributed by atoms with E-state index >= 15 is 0 Å². The predicted molar refractivity (Wildman–Crippen MR) is 107 cm³/mol. The number of alkyl halides is 3. The maximum Gasteiger partial charge on any atom is 0.417 e. The van der Waals surface area contributed by atoms with Crippen molar-refractivity contribution >= 4 is 21.8 Å². The molecule has 3 rings (SSSR count). The lowest BCUT2D eigenvalue weighted by atomic mass is 10.1. The summed E-state index contributed by atoms with van der Waals surface area (Å²) in [5.74, 6) is -0.518. The number of nitrogens with zero attached hydrogens (tertiary/aromatic N) is 2. The van der Waals surface area contributed by atoms with Crippen LogP contribution >= 0.6 is 0 Å². The van der Waals surface area contributed by atoms with E-state index in [4.69, 9.17) is 0 Å². The van der Waals surface area contributed by atoms with E-state index in [1.165, 1.54) is 42.8 Å². The minimum absolute atomic E-state index is 0.0706. The SMILES string of the molecule is CC(=O)N1CCC(NS(=O)(=O)c2ccc(-c3cccn3C(C)=O)cc2C(F)(F)F)CC1. The number of likely N-dealkylation sites (tertiary alicyclic amines) is 1. The number of amides is 1. The number of piperidine rings is 1. The van der Waals surface area contributed by atoms with Crippen molar-refractivity contribution in [2.75, 3.05) is 13.1 Å². The van der Waals surface area contributed by atoms with Gasteiger partial charge in [0.25, 0.3) is 0 Å². The molecule has 11 heteroatoms. The first kappa shape index (κ1) is 23.0. The minimum Gasteiger partial charge on any atom is -0.343 e. The number of rotatable bonds is 4. The number of hydrogen-bond donors (Lipinski definition) is 1. The second-order valence-corrected chi connectivity index (χ2v) is 9.08. The highest BCUT2D eigenvalue weighted by Gasteiger charge is 2.38. The van der Waals surface area contributed by atoms with Crippen LogP contribution in [0.2, 0.25) is 0 Å². The molecule has 168 valence electrons. The van der Waals surface area contributed by atoms with E-state index < -0.39 is 32.7 Å². The molecular weight excluding hydrogens is 435 g/mol. The molecule has 1 aliphatic rings. The van der Waals surface area contributed by atoms with Gasteiger partial charge in [-0.05, 0) is 42.7 Å². The van der Waals surface area contributed by atoms with Crippen LogP contribution in [0.1, 0.15) is 37.0 Å². The van der Waals surface area contributed by atoms with Gasteiger partial charge in [0.2, 0.25) is 21.8 Å². The third kappa shape index (κ3) is 4.99. The molecule has 1 aromatic carbocycles. The summed E-state index contributed by atoms with van der Waals surface area (Å²) in [7, 11) is -4.47. The van der Waals surface area contributed by atoms with Crippen molar-refractivity contribution in [3.05, 3.63) is 42.1 Å². The quantitative estimate of drug-likeness (QED) is 0.764. The molecule has 0 radical (unpaired) electrons. The average Bonchev–Trinajstić information content (AvgIpc) is 3.17. The maximum absolute atomic E-state index is 13.8. The van der Waals surface area contributed by atoms with Gasteiger partial charge < -0.3 is 4.90 Å². The fourth-order valence-electron chi connectivity index (χ4n) is 3.63. The Kier molecular flexibility index (Phi) is 6.28. The Morgan fingerprint density at radius 2 is 1.71 bits per heavy atom. The zero-order valence-electron chi connectivity index (χ0n) is 16.9. The van der Waals surface area contributed by atoms with Crippen LogP contribution in [-0.2, 0) is 21.0 Å². The first-order valence-corrected chi connectivity index (χ1v) is 11.1. The molecule has 1 fully saturated rings. The van der Waals surface area contributed by atoms with E-state index in [0.717, 1.165) is 12.1 Å². The van der Waals surface area contributed by atoms with Crippen molar-refractivity contribution < 1.29 is 31.2 Å². The monoisotopic (exact) mass is 457 g/mol. The number of benzene rings is 1. The summed E-state index contributed by atoms with van der Waals surface area (Å²) in [6.07, 6.45) is -2.88. The fourth-order valence-corrected chi connectivity index (χ4v) is 5.14. The molecule has 1 aromatic heterocycles. The van der Waals surface area contributed by atoms with Gasteiger partial charge in [-0.2, -0.15) is 13.2 Å². The maximum atomic E-state index is 13.8. The average molecular weight is 457 g/mol. The molecule has 0 saturated carbocycles. The van der Waals surface area contributed by atoms with Crippen molar-refractivity contribution in [1.82, 2.24) is 14.2 Å². The van der Waals surface area contributed by atoms with Gasteiger partial charge in [0.1, 0.15) is 0 Å². The Hall–Kier alpha value is -2.66. The second kappa shape index (κ2) is 8.46. The minimum atomic E-state index is -4.92. The van der Waals surface area contributed by atoms with Gasteiger partial charge >= 0.3 is 6.18 Å². The zero-order chi connectivity index (χ0) is 23.0.